The molecule has 1 unspecified atom stereocenters. The molecule has 0 saturated carbocycles. The highest BCUT2D eigenvalue weighted by Crippen LogP contribution is 2.30. The van der Waals surface area contributed by atoms with Crippen molar-refractivity contribution in [2.24, 2.45) is 5.92 Å². The van der Waals surface area contributed by atoms with Crippen LogP contribution in [0.25, 0.3) is 5.57 Å². The van der Waals surface area contributed by atoms with Crippen molar-refractivity contribution in [3.63, 3.8) is 0 Å². The largest absolute Gasteiger partial charge is 0.507 e. The fraction of sp³-hybridized carbons (Fsp3) is 0.280. The Morgan fingerprint density at radius 3 is 2.41 bits per heavy atom. The average molecular weight is 436 g/mol. The molecule has 168 valence electrons. The molecule has 2 aromatic rings. The van der Waals surface area contributed by atoms with E-state index in [9.17, 15) is 19.8 Å². The van der Waals surface area contributed by atoms with Crippen molar-refractivity contribution < 1.29 is 19.8 Å². The third-order valence-corrected chi connectivity index (χ3v) is 5.47. The van der Waals surface area contributed by atoms with Gasteiger partial charge in [-0.2, -0.15) is 0 Å². The number of carbonyl (C=O) groups excluding carboxylic acids is 1. The number of phenols is 1. The quantitative estimate of drug-likeness (QED) is 0.590. The minimum absolute atomic E-state index is 0.0932. The molecule has 3 rings (SSSR count). The number of phenolic OH excluding ortho intramolecular Hbond substituents is 1. The number of aromatic hydroxyl groups is 1. The SMILES string of the molecule is CN(C)CCN(C)c1ccc(C(=O)NC2=CC(c3ccccc3)=CCC2C(=O)O)c(O)c1. The molecule has 2 aromatic carbocycles. The van der Waals surface area contributed by atoms with Crippen molar-refractivity contribution in [2.75, 3.05) is 39.1 Å². The molecule has 0 fully saturated rings. The Labute approximate surface area is 188 Å². The summed E-state index contributed by atoms with van der Waals surface area (Å²) in [5.74, 6) is -2.57. The number of hydrogen-bond acceptors (Lipinski definition) is 5. The second kappa shape index (κ2) is 10.2. The van der Waals surface area contributed by atoms with Crippen molar-refractivity contribution in [2.45, 2.75) is 6.42 Å². The fourth-order valence-corrected chi connectivity index (χ4v) is 3.51. The molecule has 7 nitrogen and oxygen atoms in total. The van der Waals surface area contributed by atoms with Gasteiger partial charge < -0.3 is 25.3 Å². The number of carboxylic acid groups (broad SMARTS) is 1. The van der Waals surface area contributed by atoms with Gasteiger partial charge >= 0.3 is 5.97 Å². The van der Waals surface area contributed by atoms with Gasteiger partial charge in [0.15, 0.2) is 0 Å². The van der Waals surface area contributed by atoms with Crippen LogP contribution in [-0.4, -0.2) is 61.2 Å². The number of aliphatic carboxylic acids is 1. The molecular formula is C25H29N3O4. The summed E-state index contributed by atoms with van der Waals surface area (Å²) in [6.07, 6.45) is 3.82. The smallest absolute Gasteiger partial charge is 0.312 e. The third kappa shape index (κ3) is 5.56. The number of rotatable bonds is 8. The average Bonchev–Trinajstić information content (AvgIpc) is 2.77. The number of anilines is 1. The van der Waals surface area contributed by atoms with Crippen LogP contribution in [0.1, 0.15) is 22.3 Å². The van der Waals surface area contributed by atoms with Crippen LogP contribution in [-0.2, 0) is 4.79 Å². The summed E-state index contributed by atoms with van der Waals surface area (Å²) in [5.41, 5.74) is 2.97. The van der Waals surface area contributed by atoms with Crippen molar-refractivity contribution in [3.05, 3.63) is 77.5 Å². The molecule has 1 aliphatic carbocycles. The molecule has 0 heterocycles. The van der Waals surface area contributed by atoms with Gasteiger partial charge in [0.1, 0.15) is 11.7 Å². The van der Waals surface area contributed by atoms with Crippen molar-refractivity contribution in [1.29, 1.82) is 0 Å². The first kappa shape index (κ1) is 23.1. The van der Waals surface area contributed by atoms with Crippen LogP contribution in [0.2, 0.25) is 0 Å². The van der Waals surface area contributed by atoms with Gasteiger partial charge in [-0.05, 0) is 49.9 Å². The van der Waals surface area contributed by atoms with Gasteiger partial charge in [0.05, 0.1) is 5.56 Å². The molecular weight excluding hydrogens is 406 g/mol. The van der Waals surface area contributed by atoms with Gasteiger partial charge in [0.2, 0.25) is 0 Å². The summed E-state index contributed by atoms with van der Waals surface area (Å²) in [4.78, 5) is 28.7. The van der Waals surface area contributed by atoms with Gasteiger partial charge in [-0.15, -0.1) is 0 Å². The van der Waals surface area contributed by atoms with E-state index < -0.39 is 17.8 Å². The summed E-state index contributed by atoms with van der Waals surface area (Å²) in [6.45, 7) is 1.61. The van der Waals surface area contributed by atoms with E-state index in [2.05, 4.69) is 10.2 Å². The molecule has 0 aliphatic heterocycles. The first-order valence-electron chi connectivity index (χ1n) is 10.5. The summed E-state index contributed by atoms with van der Waals surface area (Å²) in [6, 6.07) is 14.4. The minimum Gasteiger partial charge on any atom is -0.507 e. The number of carbonyl (C=O) groups is 2. The second-order valence-electron chi connectivity index (χ2n) is 8.13. The van der Waals surface area contributed by atoms with E-state index in [1.54, 1.807) is 24.3 Å². The Bertz CT molecular complexity index is 1040. The van der Waals surface area contributed by atoms with Crippen LogP contribution in [0.5, 0.6) is 5.75 Å². The lowest BCUT2D eigenvalue weighted by Gasteiger charge is -2.23. The zero-order valence-corrected chi connectivity index (χ0v) is 18.6. The van der Waals surface area contributed by atoms with Gasteiger partial charge in [0.25, 0.3) is 5.91 Å². The molecule has 0 bridgehead atoms. The molecule has 0 saturated heterocycles. The van der Waals surface area contributed by atoms with E-state index in [1.807, 2.05) is 62.5 Å². The van der Waals surface area contributed by atoms with Crippen LogP contribution in [0.15, 0.2) is 66.4 Å². The van der Waals surface area contributed by atoms with Crippen LogP contribution >= 0.6 is 0 Å². The summed E-state index contributed by atoms with van der Waals surface area (Å²) < 4.78 is 0. The maximum absolute atomic E-state index is 12.9. The maximum atomic E-state index is 12.9. The molecule has 1 amide bonds. The highest BCUT2D eigenvalue weighted by atomic mass is 16.4. The van der Waals surface area contributed by atoms with Crippen LogP contribution in [0.4, 0.5) is 5.69 Å². The molecule has 0 spiro atoms. The molecule has 0 aromatic heterocycles. The van der Waals surface area contributed by atoms with Crippen molar-refractivity contribution in [3.8, 4) is 5.75 Å². The van der Waals surface area contributed by atoms with E-state index in [4.69, 9.17) is 0 Å². The first-order valence-corrected chi connectivity index (χ1v) is 10.5. The monoisotopic (exact) mass is 435 g/mol. The standard InChI is InChI=1S/C25H29N3O4/c1-27(2)13-14-28(3)19-10-12-21(23(29)16-19)24(30)26-22-15-18(9-11-20(22)25(31)32)17-7-5-4-6-8-17/h4-10,12,15-16,20,29H,11,13-14H2,1-3H3,(H,26,30)(H,31,32). The lowest BCUT2D eigenvalue weighted by molar-refractivity contribution is -0.140. The van der Waals surface area contributed by atoms with Gasteiger partial charge in [-0.3, -0.25) is 9.59 Å². The molecule has 7 heteroatoms. The van der Waals surface area contributed by atoms with E-state index >= 15 is 0 Å². The summed E-state index contributed by atoms with van der Waals surface area (Å²) in [7, 11) is 5.89. The van der Waals surface area contributed by atoms with E-state index in [-0.39, 0.29) is 17.7 Å². The van der Waals surface area contributed by atoms with Crippen LogP contribution in [0.3, 0.4) is 0 Å². The van der Waals surface area contributed by atoms with E-state index in [1.165, 1.54) is 0 Å². The number of benzene rings is 2. The van der Waals surface area contributed by atoms with E-state index in [0.29, 0.717) is 5.70 Å². The zero-order chi connectivity index (χ0) is 23.3. The van der Waals surface area contributed by atoms with Crippen molar-refractivity contribution >= 4 is 23.1 Å². The number of likely N-dealkylation sites (N-methyl/N-ethyl adjacent to an activating group) is 2. The first-order chi connectivity index (χ1) is 15.3. The summed E-state index contributed by atoms with van der Waals surface area (Å²) in [5, 5.41) is 22.8. The highest BCUT2D eigenvalue weighted by molar-refractivity contribution is 5.99. The molecule has 1 aliphatic rings. The Morgan fingerprint density at radius 2 is 1.78 bits per heavy atom. The lowest BCUT2D eigenvalue weighted by Crippen LogP contribution is -2.32. The van der Waals surface area contributed by atoms with Crippen LogP contribution < -0.4 is 10.2 Å². The lowest BCUT2D eigenvalue weighted by atomic mass is 9.90. The number of allylic oxidation sites excluding steroid dienone is 3. The number of carboxylic acids is 1. The zero-order valence-electron chi connectivity index (χ0n) is 18.6. The maximum Gasteiger partial charge on any atom is 0.312 e. The molecule has 32 heavy (non-hydrogen) atoms. The highest BCUT2D eigenvalue weighted by Gasteiger charge is 2.27. The van der Waals surface area contributed by atoms with Gasteiger partial charge in [0, 0.05) is 37.6 Å². The Kier molecular flexibility index (Phi) is 7.33. The number of amides is 1. The Morgan fingerprint density at radius 1 is 1.06 bits per heavy atom. The van der Waals surface area contributed by atoms with Crippen LogP contribution in [0, 0.1) is 5.92 Å². The van der Waals surface area contributed by atoms with Gasteiger partial charge in [-0.1, -0.05) is 36.4 Å². The normalized spacial score (nSPS) is 15.7. The third-order valence-electron chi connectivity index (χ3n) is 5.47. The van der Waals surface area contributed by atoms with Gasteiger partial charge in [-0.25, -0.2) is 0 Å². The molecule has 1 atom stereocenters. The Balaban J connectivity index is 1.80. The number of nitrogens with one attached hydrogen (secondary N) is 1. The number of nitrogens with zero attached hydrogens (tertiary/aromatic N) is 2. The second-order valence-corrected chi connectivity index (χ2v) is 8.13. The Hall–Kier alpha value is -3.58. The minimum atomic E-state index is -1.01. The predicted molar refractivity (Wildman–Crippen MR) is 126 cm³/mol. The number of hydrogen-bond donors (Lipinski definition) is 3. The predicted octanol–water partition coefficient (Wildman–Crippen LogP) is 3.19. The molecule has 0 radical (unpaired) electrons. The fourth-order valence-electron chi connectivity index (χ4n) is 3.51. The molecule has 3 N–H and O–H groups in total. The van der Waals surface area contributed by atoms with Crippen molar-refractivity contribution in [1.82, 2.24) is 10.2 Å². The topological polar surface area (TPSA) is 93.1 Å². The van der Waals surface area contributed by atoms with E-state index in [0.717, 1.165) is 29.9 Å². The summed E-state index contributed by atoms with van der Waals surface area (Å²) >= 11 is 0.